The summed E-state index contributed by atoms with van der Waals surface area (Å²) in [4.78, 5) is 22.7. The highest BCUT2D eigenvalue weighted by Gasteiger charge is 2.10. The number of halogens is 2. The molecule has 1 aromatic carbocycles. The van der Waals surface area contributed by atoms with Crippen molar-refractivity contribution in [2.45, 2.75) is 13.5 Å². The molecular weight excluding hydrogens is 240 g/mol. The Balaban J connectivity index is 2.82. The number of likely N-dealkylation sites (N-methyl/N-ethyl adjacent to an activating group) is 1. The molecule has 0 atom stereocenters. The van der Waals surface area contributed by atoms with Crippen molar-refractivity contribution in [3.8, 4) is 0 Å². The van der Waals surface area contributed by atoms with Crippen LogP contribution in [0, 0.1) is 18.6 Å². The number of amides is 1. The van der Waals surface area contributed by atoms with E-state index < -0.39 is 17.5 Å². The molecule has 0 saturated carbocycles. The Morgan fingerprint density at radius 3 is 2.39 bits per heavy atom. The predicted octanol–water partition coefficient (Wildman–Crippen LogP) is 1.99. The first-order valence-electron chi connectivity index (χ1n) is 5.27. The maximum absolute atomic E-state index is 13.3. The summed E-state index contributed by atoms with van der Waals surface area (Å²) in [5.74, 6) is -1.70. The van der Waals surface area contributed by atoms with Crippen LogP contribution in [0.1, 0.15) is 11.1 Å². The molecule has 0 spiro atoms. The Bertz CT molecular complexity index is 475. The van der Waals surface area contributed by atoms with Crippen molar-refractivity contribution in [1.82, 2.24) is 4.90 Å². The van der Waals surface area contributed by atoms with Crippen LogP contribution in [-0.2, 0) is 16.1 Å². The van der Waals surface area contributed by atoms with Gasteiger partial charge < -0.3 is 4.90 Å². The van der Waals surface area contributed by atoms with E-state index in [9.17, 15) is 18.4 Å². The summed E-state index contributed by atoms with van der Waals surface area (Å²) in [5, 5.41) is 0. The van der Waals surface area contributed by atoms with E-state index in [0.717, 1.165) is 12.2 Å². The van der Waals surface area contributed by atoms with Crippen molar-refractivity contribution in [2.75, 3.05) is 7.05 Å². The Morgan fingerprint density at radius 2 is 1.89 bits per heavy atom. The average molecular weight is 253 g/mol. The molecule has 0 N–H and O–H groups in total. The number of benzene rings is 1. The molecule has 0 saturated heterocycles. The maximum atomic E-state index is 13.3. The third kappa shape index (κ3) is 3.48. The quantitative estimate of drug-likeness (QED) is 0.608. The van der Waals surface area contributed by atoms with E-state index in [1.54, 1.807) is 0 Å². The summed E-state index contributed by atoms with van der Waals surface area (Å²) in [6, 6.07) is 2.37. The molecule has 0 heterocycles. The lowest BCUT2D eigenvalue weighted by Gasteiger charge is -2.15. The van der Waals surface area contributed by atoms with E-state index in [1.165, 1.54) is 31.0 Å². The Hall–Kier alpha value is -2.04. The second-order valence-corrected chi connectivity index (χ2v) is 3.87. The number of hydrogen-bond acceptors (Lipinski definition) is 2. The van der Waals surface area contributed by atoms with Gasteiger partial charge in [0.25, 0.3) is 0 Å². The summed E-state index contributed by atoms with van der Waals surface area (Å²) in [6.45, 7) is 1.41. The molecule has 0 unspecified atom stereocenters. The molecule has 1 rings (SSSR count). The van der Waals surface area contributed by atoms with Gasteiger partial charge in [-0.3, -0.25) is 9.59 Å². The number of carbonyl (C=O) groups is 2. The summed E-state index contributed by atoms with van der Waals surface area (Å²) < 4.78 is 26.6. The lowest BCUT2D eigenvalue weighted by Crippen LogP contribution is -2.24. The van der Waals surface area contributed by atoms with Gasteiger partial charge in [0.05, 0.1) is 0 Å². The fourth-order valence-electron chi connectivity index (χ4n) is 1.39. The van der Waals surface area contributed by atoms with Crippen LogP contribution in [0.25, 0.3) is 0 Å². The van der Waals surface area contributed by atoms with Crippen LogP contribution in [0.4, 0.5) is 8.78 Å². The van der Waals surface area contributed by atoms with Crippen LogP contribution < -0.4 is 0 Å². The number of nitrogens with zero attached hydrogens (tertiary/aromatic N) is 1. The molecule has 0 aliphatic heterocycles. The van der Waals surface area contributed by atoms with Gasteiger partial charge in [0, 0.05) is 25.2 Å². The Morgan fingerprint density at radius 1 is 1.33 bits per heavy atom. The molecule has 0 radical (unpaired) electrons. The minimum absolute atomic E-state index is 0.0476. The van der Waals surface area contributed by atoms with Gasteiger partial charge in [0.1, 0.15) is 17.9 Å². The second kappa shape index (κ2) is 6.05. The highest BCUT2D eigenvalue weighted by Crippen LogP contribution is 2.15. The zero-order valence-electron chi connectivity index (χ0n) is 10.1. The summed E-state index contributed by atoms with van der Waals surface area (Å²) in [5.41, 5.74) is 0.305. The molecule has 1 aromatic rings. The van der Waals surface area contributed by atoms with E-state index in [4.69, 9.17) is 0 Å². The zero-order valence-corrected chi connectivity index (χ0v) is 10.1. The monoisotopic (exact) mass is 253 g/mol. The number of allylic oxidation sites excluding steroid dienone is 1. The maximum Gasteiger partial charge on any atom is 0.246 e. The summed E-state index contributed by atoms with van der Waals surface area (Å²) >= 11 is 0. The third-order valence-corrected chi connectivity index (χ3v) is 2.45. The number of hydrogen-bond donors (Lipinski definition) is 0. The second-order valence-electron chi connectivity index (χ2n) is 3.87. The van der Waals surface area contributed by atoms with E-state index in [0.29, 0.717) is 11.8 Å². The van der Waals surface area contributed by atoms with Crippen LogP contribution >= 0.6 is 0 Å². The smallest absolute Gasteiger partial charge is 0.246 e. The lowest BCUT2D eigenvalue weighted by molar-refractivity contribution is -0.125. The van der Waals surface area contributed by atoms with Crippen LogP contribution in [0.5, 0.6) is 0 Å². The first kappa shape index (κ1) is 14.0. The van der Waals surface area contributed by atoms with E-state index in [1.807, 2.05) is 0 Å². The molecule has 5 heteroatoms. The standard InChI is InChI=1S/C13H13F2NO2/c1-9-11(14)6-10(7-12(9)15)8-16(2)13(18)4-3-5-17/h3-7H,8H2,1-2H3/b4-3-. The number of rotatable bonds is 4. The molecule has 0 bridgehead atoms. The molecule has 0 aromatic heterocycles. The molecule has 0 aliphatic carbocycles. The molecule has 0 fully saturated rings. The summed E-state index contributed by atoms with van der Waals surface area (Å²) in [7, 11) is 1.48. The van der Waals surface area contributed by atoms with E-state index in [-0.39, 0.29) is 12.1 Å². The van der Waals surface area contributed by atoms with Crippen molar-refractivity contribution in [2.24, 2.45) is 0 Å². The van der Waals surface area contributed by atoms with Crippen LogP contribution in [0.2, 0.25) is 0 Å². The van der Waals surface area contributed by atoms with Gasteiger partial charge in [0.15, 0.2) is 0 Å². The number of carbonyl (C=O) groups excluding carboxylic acids is 2. The average Bonchev–Trinajstić information content (AvgIpc) is 2.32. The molecule has 96 valence electrons. The van der Waals surface area contributed by atoms with Crippen molar-refractivity contribution in [3.63, 3.8) is 0 Å². The first-order chi connectivity index (χ1) is 8.45. The van der Waals surface area contributed by atoms with Gasteiger partial charge in [-0.2, -0.15) is 0 Å². The highest BCUT2D eigenvalue weighted by atomic mass is 19.1. The van der Waals surface area contributed by atoms with Crippen molar-refractivity contribution < 1.29 is 18.4 Å². The van der Waals surface area contributed by atoms with Crippen LogP contribution in [0.15, 0.2) is 24.3 Å². The lowest BCUT2D eigenvalue weighted by atomic mass is 10.1. The van der Waals surface area contributed by atoms with E-state index in [2.05, 4.69) is 0 Å². The predicted molar refractivity (Wildman–Crippen MR) is 62.8 cm³/mol. The SMILES string of the molecule is Cc1c(F)cc(CN(C)C(=O)/C=C\C=O)cc1F. The van der Waals surface area contributed by atoms with Crippen LogP contribution in [-0.4, -0.2) is 24.1 Å². The van der Waals surface area contributed by atoms with Gasteiger partial charge in [-0.1, -0.05) is 0 Å². The van der Waals surface area contributed by atoms with E-state index >= 15 is 0 Å². The first-order valence-corrected chi connectivity index (χ1v) is 5.27. The normalized spacial score (nSPS) is 10.7. The fourth-order valence-corrected chi connectivity index (χ4v) is 1.39. The Labute approximate surface area is 104 Å². The number of aldehydes is 1. The molecule has 0 aliphatic rings. The fraction of sp³-hybridized carbons (Fsp3) is 0.231. The molecule has 1 amide bonds. The highest BCUT2D eigenvalue weighted by molar-refractivity contribution is 5.90. The van der Waals surface area contributed by atoms with Crippen molar-refractivity contribution in [3.05, 3.63) is 47.0 Å². The topological polar surface area (TPSA) is 37.4 Å². The van der Waals surface area contributed by atoms with Crippen molar-refractivity contribution in [1.29, 1.82) is 0 Å². The molecular formula is C13H13F2NO2. The van der Waals surface area contributed by atoms with Gasteiger partial charge in [-0.15, -0.1) is 0 Å². The van der Waals surface area contributed by atoms with Gasteiger partial charge >= 0.3 is 0 Å². The minimum atomic E-state index is -0.644. The third-order valence-electron chi connectivity index (χ3n) is 2.45. The molecule has 18 heavy (non-hydrogen) atoms. The summed E-state index contributed by atoms with van der Waals surface area (Å²) in [6.07, 6.45) is 2.64. The van der Waals surface area contributed by atoms with Gasteiger partial charge in [-0.25, -0.2) is 8.78 Å². The van der Waals surface area contributed by atoms with Gasteiger partial charge in [-0.05, 0) is 30.7 Å². The zero-order chi connectivity index (χ0) is 13.7. The minimum Gasteiger partial charge on any atom is -0.338 e. The van der Waals surface area contributed by atoms with Crippen LogP contribution in [0.3, 0.4) is 0 Å². The van der Waals surface area contributed by atoms with Crippen molar-refractivity contribution >= 4 is 12.2 Å². The largest absolute Gasteiger partial charge is 0.338 e. The Kier molecular flexibility index (Phi) is 4.71. The molecule has 3 nitrogen and oxygen atoms in total. The van der Waals surface area contributed by atoms with Gasteiger partial charge in [0.2, 0.25) is 5.91 Å².